The molecule has 124 valence electrons. The van der Waals surface area contributed by atoms with Crippen LogP contribution in [0.3, 0.4) is 0 Å². The first-order valence-electron chi connectivity index (χ1n) is 8.17. The Balaban J connectivity index is 1.59. The van der Waals surface area contributed by atoms with E-state index < -0.39 is 0 Å². The molecule has 1 aliphatic rings. The zero-order valence-corrected chi connectivity index (χ0v) is 14.3. The van der Waals surface area contributed by atoms with Gasteiger partial charge in [-0.3, -0.25) is 9.48 Å². The summed E-state index contributed by atoms with van der Waals surface area (Å²) in [7, 11) is 1.93. The number of carbonyl (C=O) groups excluding carboxylic acids is 1. The van der Waals surface area contributed by atoms with Crippen molar-refractivity contribution in [2.45, 2.75) is 59.0 Å². The van der Waals surface area contributed by atoms with Crippen molar-refractivity contribution in [3.8, 4) is 0 Å². The summed E-state index contributed by atoms with van der Waals surface area (Å²) in [4.78, 5) is 12.3. The van der Waals surface area contributed by atoms with Gasteiger partial charge >= 0.3 is 0 Å². The molecule has 0 radical (unpaired) electrons. The van der Waals surface area contributed by atoms with Gasteiger partial charge in [0.2, 0.25) is 5.91 Å². The number of aromatic nitrogens is 5. The van der Waals surface area contributed by atoms with Crippen molar-refractivity contribution in [2.75, 3.05) is 0 Å². The van der Waals surface area contributed by atoms with Gasteiger partial charge in [0, 0.05) is 32.1 Å². The Hall–Kier alpha value is -2.18. The zero-order valence-electron chi connectivity index (χ0n) is 14.3. The molecule has 7 nitrogen and oxygen atoms in total. The van der Waals surface area contributed by atoms with Crippen molar-refractivity contribution in [3.63, 3.8) is 0 Å². The first-order chi connectivity index (χ1) is 11.0. The van der Waals surface area contributed by atoms with Gasteiger partial charge in [-0.15, -0.1) is 10.2 Å². The third-order valence-electron chi connectivity index (χ3n) is 4.66. The van der Waals surface area contributed by atoms with Gasteiger partial charge < -0.3 is 9.88 Å². The van der Waals surface area contributed by atoms with Crippen LogP contribution in [0.5, 0.6) is 0 Å². The van der Waals surface area contributed by atoms with E-state index in [0.717, 1.165) is 42.4 Å². The molecule has 23 heavy (non-hydrogen) atoms. The second-order valence-corrected chi connectivity index (χ2v) is 6.29. The topological polar surface area (TPSA) is 77.6 Å². The van der Waals surface area contributed by atoms with Gasteiger partial charge in [0.1, 0.15) is 5.82 Å². The lowest BCUT2D eigenvalue weighted by molar-refractivity contribution is -0.121. The van der Waals surface area contributed by atoms with Gasteiger partial charge in [0.05, 0.1) is 11.7 Å². The summed E-state index contributed by atoms with van der Waals surface area (Å²) in [5.41, 5.74) is 3.29. The van der Waals surface area contributed by atoms with Crippen molar-refractivity contribution in [3.05, 3.63) is 28.6 Å². The molecule has 0 aromatic carbocycles. The van der Waals surface area contributed by atoms with Crippen LogP contribution < -0.4 is 5.32 Å². The first-order valence-corrected chi connectivity index (χ1v) is 8.17. The summed E-state index contributed by atoms with van der Waals surface area (Å²) in [5.74, 6) is 1.93. The Morgan fingerprint density at radius 1 is 1.35 bits per heavy atom. The lowest BCUT2D eigenvalue weighted by Crippen LogP contribution is -2.28. The highest BCUT2D eigenvalue weighted by Gasteiger charge is 2.22. The number of fused-ring (bicyclic) bond motifs is 1. The van der Waals surface area contributed by atoms with Gasteiger partial charge in [-0.05, 0) is 39.2 Å². The highest BCUT2D eigenvalue weighted by atomic mass is 16.1. The lowest BCUT2D eigenvalue weighted by atomic mass is 10.1. The van der Waals surface area contributed by atoms with Crippen molar-refractivity contribution < 1.29 is 4.79 Å². The monoisotopic (exact) mass is 316 g/mol. The average molecular weight is 316 g/mol. The Morgan fingerprint density at radius 3 is 2.83 bits per heavy atom. The van der Waals surface area contributed by atoms with E-state index in [9.17, 15) is 4.79 Å². The molecule has 0 aliphatic carbocycles. The maximum Gasteiger partial charge on any atom is 0.220 e. The Morgan fingerprint density at radius 2 is 2.13 bits per heavy atom. The first kappa shape index (κ1) is 15.7. The molecule has 0 fully saturated rings. The molecule has 1 unspecified atom stereocenters. The number of hydrogen-bond donors (Lipinski definition) is 1. The molecule has 3 heterocycles. The maximum absolute atomic E-state index is 12.3. The fourth-order valence-corrected chi connectivity index (χ4v) is 3.29. The predicted molar refractivity (Wildman–Crippen MR) is 85.9 cm³/mol. The van der Waals surface area contributed by atoms with E-state index in [1.807, 2.05) is 32.5 Å². The summed E-state index contributed by atoms with van der Waals surface area (Å²) < 4.78 is 3.99. The van der Waals surface area contributed by atoms with E-state index >= 15 is 0 Å². The van der Waals surface area contributed by atoms with E-state index in [1.165, 1.54) is 5.56 Å². The van der Waals surface area contributed by atoms with E-state index in [4.69, 9.17) is 0 Å². The van der Waals surface area contributed by atoms with Crippen LogP contribution in [0.15, 0.2) is 0 Å². The average Bonchev–Trinajstić information content (AvgIpc) is 3.14. The summed E-state index contributed by atoms with van der Waals surface area (Å²) in [6.07, 6.45) is 3.26. The Labute approximate surface area is 136 Å². The number of nitrogens with one attached hydrogen (secondary N) is 1. The van der Waals surface area contributed by atoms with Gasteiger partial charge in [-0.1, -0.05) is 0 Å². The van der Waals surface area contributed by atoms with Crippen molar-refractivity contribution in [1.29, 1.82) is 0 Å². The number of amides is 1. The van der Waals surface area contributed by atoms with Crippen LogP contribution in [-0.4, -0.2) is 30.5 Å². The largest absolute Gasteiger partial charge is 0.346 e. The number of nitrogens with zero attached hydrogens (tertiary/aromatic N) is 5. The predicted octanol–water partition coefficient (Wildman–Crippen LogP) is 1.38. The SMILES string of the molecule is Cc1nn(C)c(C)c1CCC(=O)NC(C)c1nnc2n1CCC2. The molecule has 7 heteroatoms. The van der Waals surface area contributed by atoms with E-state index in [0.29, 0.717) is 12.8 Å². The molecule has 0 bridgehead atoms. The molecule has 2 aromatic rings. The highest BCUT2D eigenvalue weighted by molar-refractivity contribution is 5.76. The number of carbonyl (C=O) groups is 1. The van der Waals surface area contributed by atoms with Crippen molar-refractivity contribution in [1.82, 2.24) is 29.9 Å². The van der Waals surface area contributed by atoms with E-state index in [1.54, 1.807) is 0 Å². The van der Waals surface area contributed by atoms with E-state index in [-0.39, 0.29) is 11.9 Å². The van der Waals surface area contributed by atoms with Crippen LogP contribution in [0, 0.1) is 13.8 Å². The third kappa shape index (κ3) is 3.00. The van der Waals surface area contributed by atoms with Gasteiger partial charge in [-0.25, -0.2) is 0 Å². The summed E-state index contributed by atoms with van der Waals surface area (Å²) in [6.45, 7) is 6.94. The molecule has 1 aliphatic heterocycles. The molecule has 0 saturated heterocycles. The maximum atomic E-state index is 12.3. The number of aryl methyl sites for hydroxylation is 3. The minimum Gasteiger partial charge on any atom is -0.346 e. The standard InChI is InChI=1S/C16H24N6O/c1-10-13(12(3)21(4)20-10)7-8-15(23)17-11(2)16-19-18-14-6-5-9-22(14)16/h11H,5-9H2,1-4H3,(H,17,23). The molecular weight excluding hydrogens is 292 g/mol. The van der Waals surface area contributed by atoms with Crippen LogP contribution in [0.1, 0.15) is 54.4 Å². The second-order valence-electron chi connectivity index (χ2n) is 6.29. The fraction of sp³-hybridized carbons (Fsp3) is 0.625. The zero-order chi connectivity index (χ0) is 16.6. The lowest BCUT2D eigenvalue weighted by Gasteiger charge is -2.14. The van der Waals surface area contributed by atoms with Crippen LogP contribution in [-0.2, 0) is 31.2 Å². The van der Waals surface area contributed by atoms with Gasteiger partial charge in [0.15, 0.2) is 5.82 Å². The Kier molecular flexibility index (Phi) is 4.19. The third-order valence-corrected chi connectivity index (χ3v) is 4.66. The van der Waals surface area contributed by atoms with Crippen LogP contribution >= 0.6 is 0 Å². The van der Waals surface area contributed by atoms with Gasteiger partial charge in [0.25, 0.3) is 0 Å². The highest BCUT2D eigenvalue weighted by Crippen LogP contribution is 2.19. The number of rotatable bonds is 5. The molecule has 1 N–H and O–H groups in total. The summed E-state index contributed by atoms with van der Waals surface area (Å²) in [6, 6.07) is -0.113. The number of hydrogen-bond acceptors (Lipinski definition) is 4. The minimum atomic E-state index is -0.113. The van der Waals surface area contributed by atoms with Gasteiger partial charge in [-0.2, -0.15) is 5.10 Å². The van der Waals surface area contributed by atoms with Crippen molar-refractivity contribution >= 4 is 5.91 Å². The fourth-order valence-electron chi connectivity index (χ4n) is 3.29. The van der Waals surface area contributed by atoms with Crippen LogP contribution in [0.2, 0.25) is 0 Å². The van der Waals surface area contributed by atoms with E-state index in [2.05, 4.69) is 25.2 Å². The second kappa shape index (κ2) is 6.14. The summed E-state index contributed by atoms with van der Waals surface area (Å²) in [5, 5.41) is 15.9. The normalized spacial score (nSPS) is 14.8. The molecule has 1 atom stereocenters. The quantitative estimate of drug-likeness (QED) is 0.904. The molecule has 3 rings (SSSR count). The minimum absolute atomic E-state index is 0.0375. The molecule has 0 saturated carbocycles. The van der Waals surface area contributed by atoms with Crippen molar-refractivity contribution in [2.24, 2.45) is 7.05 Å². The molecule has 2 aromatic heterocycles. The summed E-state index contributed by atoms with van der Waals surface area (Å²) >= 11 is 0. The smallest absolute Gasteiger partial charge is 0.220 e. The molecule has 0 spiro atoms. The Bertz CT molecular complexity index is 729. The molecule has 1 amide bonds. The molecular formula is C16H24N6O. The van der Waals surface area contributed by atoms with Crippen LogP contribution in [0.25, 0.3) is 0 Å². The van der Waals surface area contributed by atoms with Crippen LogP contribution in [0.4, 0.5) is 0 Å².